The van der Waals surface area contributed by atoms with E-state index in [0.717, 1.165) is 32.9 Å². The molecule has 166 valence electrons. The molecule has 3 aromatic rings. The molecule has 2 aliphatic heterocycles. The molecular weight excluding hydrogens is 488 g/mol. The number of piperidine rings is 1. The number of sulfonamides is 1. The second-order valence-electron chi connectivity index (χ2n) is 8.75. The SMILES string of the molecule is CC1Cc2cc(Br)ccc2N1C(=O)C1CCCN(S(=O)(=O)c2ccc3ccccc3c2)C1. The Morgan fingerprint density at radius 1 is 1.03 bits per heavy atom. The Kier molecular flexibility index (Phi) is 5.60. The summed E-state index contributed by atoms with van der Waals surface area (Å²) in [5, 5.41) is 1.90. The summed E-state index contributed by atoms with van der Waals surface area (Å²) in [4.78, 5) is 15.7. The highest BCUT2D eigenvalue weighted by atomic mass is 79.9. The summed E-state index contributed by atoms with van der Waals surface area (Å²) in [5.41, 5.74) is 2.09. The molecule has 5 nitrogen and oxygen atoms in total. The lowest BCUT2D eigenvalue weighted by Crippen LogP contribution is -2.48. The molecule has 0 N–H and O–H groups in total. The van der Waals surface area contributed by atoms with Gasteiger partial charge in [0.25, 0.3) is 0 Å². The Labute approximate surface area is 197 Å². The Bertz CT molecular complexity index is 1310. The molecule has 2 aliphatic rings. The zero-order valence-electron chi connectivity index (χ0n) is 17.9. The van der Waals surface area contributed by atoms with Gasteiger partial charge in [-0.3, -0.25) is 4.79 Å². The maximum Gasteiger partial charge on any atom is 0.243 e. The van der Waals surface area contributed by atoms with Crippen LogP contribution in [0.3, 0.4) is 0 Å². The molecule has 1 fully saturated rings. The van der Waals surface area contributed by atoms with Crippen LogP contribution in [0.5, 0.6) is 0 Å². The Hall–Kier alpha value is -2.22. The maximum absolute atomic E-state index is 13.5. The van der Waals surface area contributed by atoms with Crippen molar-refractivity contribution in [2.45, 2.75) is 37.1 Å². The summed E-state index contributed by atoms with van der Waals surface area (Å²) in [6, 6.07) is 19.0. The van der Waals surface area contributed by atoms with Crippen molar-refractivity contribution in [2.75, 3.05) is 18.0 Å². The summed E-state index contributed by atoms with van der Waals surface area (Å²) >= 11 is 3.51. The fourth-order valence-corrected chi connectivity index (χ4v) is 6.94. The van der Waals surface area contributed by atoms with Gasteiger partial charge in [-0.2, -0.15) is 4.31 Å². The van der Waals surface area contributed by atoms with E-state index < -0.39 is 10.0 Å². The lowest BCUT2D eigenvalue weighted by Gasteiger charge is -2.34. The Morgan fingerprint density at radius 3 is 2.62 bits per heavy atom. The molecule has 3 aromatic carbocycles. The Morgan fingerprint density at radius 2 is 1.81 bits per heavy atom. The van der Waals surface area contributed by atoms with E-state index in [2.05, 4.69) is 28.9 Å². The van der Waals surface area contributed by atoms with Crippen molar-refractivity contribution < 1.29 is 13.2 Å². The minimum atomic E-state index is -3.67. The average Bonchev–Trinajstić information content (AvgIpc) is 3.12. The standard InChI is InChI=1S/C25H25BrN2O3S/c1-17-13-21-14-22(26)9-11-24(21)28(17)25(29)20-7-4-12-27(16-20)32(30,31)23-10-8-18-5-2-3-6-19(18)15-23/h2-3,5-6,8-11,14-15,17,20H,4,7,12-13,16H2,1H3. The first-order valence-electron chi connectivity index (χ1n) is 10.9. The maximum atomic E-state index is 13.5. The predicted octanol–water partition coefficient (Wildman–Crippen LogP) is 4.98. The molecule has 7 heteroatoms. The number of nitrogens with zero attached hydrogens (tertiary/aromatic N) is 2. The number of benzene rings is 3. The van der Waals surface area contributed by atoms with E-state index in [9.17, 15) is 13.2 Å². The van der Waals surface area contributed by atoms with Crippen LogP contribution >= 0.6 is 15.9 Å². The number of fused-ring (bicyclic) bond motifs is 2. The first-order chi connectivity index (χ1) is 15.3. The lowest BCUT2D eigenvalue weighted by molar-refractivity contribution is -0.123. The molecule has 0 radical (unpaired) electrons. The van der Waals surface area contributed by atoms with E-state index in [-0.39, 0.29) is 29.3 Å². The number of amides is 1. The molecule has 32 heavy (non-hydrogen) atoms. The van der Waals surface area contributed by atoms with Gasteiger partial charge in [-0.05, 0) is 72.9 Å². The molecule has 5 rings (SSSR count). The molecule has 1 amide bonds. The van der Waals surface area contributed by atoms with Crippen LogP contribution in [0.25, 0.3) is 10.8 Å². The number of rotatable bonds is 3. The fraction of sp³-hybridized carbons (Fsp3) is 0.320. The molecule has 0 aliphatic carbocycles. The third kappa shape index (κ3) is 3.76. The largest absolute Gasteiger partial charge is 0.309 e. The predicted molar refractivity (Wildman–Crippen MR) is 130 cm³/mol. The lowest BCUT2D eigenvalue weighted by atomic mass is 9.97. The van der Waals surface area contributed by atoms with E-state index in [0.29, 0.717) is 19.4 Å². The first kappa shape index (κ1) is 21.6. The third-order valence-corrected chi connectivity index (χ3v) is 8.94. The van der Waals surface area contributed by atoms with Crippen molar-refractivity contribution >= 4 is 48.3 Å². The van der Waals surface area contributed by atoms with Crippen LogP contribution in [0.15, 0.2) is 70.0 Å². The first-order valence-corrected chi connectivity index (χ1v) is 13.2. The average molecular weight is 513 g/mol. The van der Waals surface area contributed by atoms with Crippen molar-refractivity contribution in [3.05, 3.63) is 70.7 Å². The summed E-state index contributed by atoms with van der Waals surface area (Å²) < 4.78 is 29.3. The van der Waals surface area contributed by atoms with Crippen molar-refractivity contribution in [1.82, 2.24) is 4.31 Å². The van der Waals surface area contributed by atoms with E-state index in [1.165, 1.54) is 4.31 Å². The van der Waals surface area contributed by atoms with Crippen molar-refractivity contribution in [1.29, 1.82) is 0 Å². The molecule has 0 spiro atoms. The van der Waals surface area contributed by atoms with Crippen LogP contribution in [0.1, 0.15) is 25.3 Å². The van der Waals surface area contributed by atoms with Crippen LogP contribution in [-0.2, 0) is 21.2 Å². The summed E-state index contributed by atoms with van der Waals surface area (Å²) in [6.45, 7) is 2.72. The second-order valence-corrected chi connectivity index (χ2v) is 11.6. The van der Waals surface area contributed by atoms with E-state index >= 15 is 0 Å². The molecule has 0 bridgehead atoms. The van der Waals surface area contributed by atoms with Crippen LogP contribution in [-0.4, -0.2) is 37.8 Å². The van der Waals surface area contributed by atoms with Gasteiger partial charge >= 0.3 is 0 Å². The van der Waals surface area contributed by atoms with Crippen molar-refractivity contribution in [2.24, 2.45) is 5.92 Å². The molecule has 2 heterocycles. The van der Waals surface area contributed by atoms with Gasteiger partial charge in [0, 0.05) is 29.3 Å². The van der Waals surface area contributed by atoms with Gasteiger partial charge in [-0.25, -0.2) is 8.42 Å². The van der Waals surface area contributed by atoms with E-state index in [1.807, 2.05) is 47.4 Å². The summed E-state index contributed by atoms with van der Waals surface area (Å²) in [6.07, 6.45) is 2.20. The normalized spacial score (nSPS) is 21.6. The van der Waals surface area contributed by atoms with Crippen molar-refractivity contribution in [3.8, 4) is 0 Å². The van der Waals surface area contributed by atoms with Gasteiger partial charge in [-0.15, -0.1) is 0 Å². The zero-order valence-corrected chi connectivity index (χ0v) is 20.3. The third-order valence-electron chi connectivity index (χ3n) is 6.59. The summed E-state index contributed by atoms with van der Waals surface area (Å²) in [5.74, 6) is -0.312. The van der Waals surface area contributed by atoms with Crippen molar-refractivity contribution in [3.63, 3.8) is 0 Å². The fourth-order valence-electron chi connectivity index (χ4n) is 4.97. The molecule has 2 unspecified atom stereocenters. The highest BCUT2D eigenvalue weighted by Crippen LogP contribution is 2.36. The topological polar surface area (TPSA) is 57.7 Å². The smallest absolute Gasteiger partial charge is 0.243 e. The number of halogens is 1. The molecular formula is C25H25BrN2O3S. The second kappa shape index (κ2) is 8.28. The number of carbonyl (C=O) groups excluding carboxylic acids is 1. The monoisotopic (exact) mass is 512 g/mol. The number of hydrogen-bond donors (Lipinski definition) is 0. The quantitative estimate of drug-likeness (QED) is 0.497. The van der Waals surface area contributed by atoms with Crippen LogP contribution in [0.2, 0.25) is 0 Å². The molecule has 0 saturated carbocycles. The number of carbonyl (C=O) groups is 1. The minimum absolute atomic E-state index is 0.0250. The van der Waals surface area contributed by atoms with Gasteiger partial charge in [0.1, 0.15) is 0 Å². The number of hydrogen-bond acceptors (Lipinski definition) is 3. The van der Waals surface area contributed by atoms with E-state index in [1.54, 1.807) is 12.1 Å². The van der Waals surface area contributed by atoms with Crippen LogP contribution in [0, 0.1) is 5.92 Å². The Balaban J connectivity index is 1.40. The van der Waals surface area contributed by atoms with Gasteiger partial charge in [-0.1, -0.05) is 46.3 Å². The number of anilines is 1. The summed E-state index contributed by atoms with van der Waals surface area (Å²) in [7, 11) is -3.67. The van der Waals surface area contributed by atoms with Gasteiger partial charge in [0.05, 0.1) is 10.8 Å². The molecule has 0 aromatic heterocycles. The van der Waals surface area contributed by atoms with Gasteiger partial charge in [0.2, 0.25) is 15.9 Å². The minimum Gasteiger partial charge on any atom is -0.309 e. The molecule has 2 atom stereocenters. The van der Waals surface area contributed by atoms with Gasteiger partial charge in [0.15, 0.2) is 0 Å². The van der Waals surface area contributed by atoms with Gasteiger partial charge < -0.3 is 4.90 Å². The van der Waals surface area contributed by atoms with Crippen LogP contribution in [0.4, 0.5) is 5.69 Å². The van der Waals surface area contributed by atoms with Crippen LogP contribution < -0.4 is 4.90 Å². The van der Waals surface area contributed by atoms with E-state index in [4.69, 9.17) is 0 Å². The highest BCUT2D eigenvalue weighted by molar-refractivity contribution is 9.10. The molecule has 1 saturated heterocycles. The zero-order chi connectivity index (χ0) is 22.5. The highest BCUT2D eigenvalue weighted by Gasteiger charge is 2.39.